The molecule has 0 bridgehead atoms. The second-order valence-electron chi connectivity index (χ2n) is 4.64. The van der Waals surface area contributed by atoms with E-state index in [-0.39, 0.29) is 17.5 Å². The normalized spacial score (nSPS) is 11.5. The number of carbonyl (C=O) groups excluding carboxylic acids is 2. The Hall–Kier alpha value is -2.45. The van der Waals surface area contributed by atoms with Crippen LogP contribution in [0.15, 0.2) is 24.3 Å². The maximum absolute atomic E-state index is 12.2. The third kappa shape index (κ3) is 4.83. The van der Waals surface area contributed by atoms with E-state index < -0.39 is 23.8 Å². The van der Waals surface area contributed by atoms with Crippen molar-refractivity contribution < 1.29 is 24.7 Å². The Morgan fingerprint density at radius 3 is 2.32 bits per heavy atom. The zero-order valence-corrected chi connectivity index (χ0v) is 11.9. The molecule has 0 spiro atoms. The zero-order valence-electron chi connectivity index (χ0n) is 11.9. The molecule has 0 aliphatic heterocycles. The average molecular weight is 309 g/mol. The van der Waals surface area contributed by atoms with Gasteiger partial charge in [0, 0.05) is 0 Å². The standard InChI is InChI=1S/C14H19N3O5/c15-8-4-3-7-11(13(19)17-22)16-12(18)9-5-1-2-6-10(9)14(20)21/h1-2,5-6,11,22H,3-4,7-8,15H2,(H,16,18)(H,17,19)(H,20,21)/t11-/m1/s1. The van der Waals surface area contributed by atoms with Gasteiger partial charge in [0.15, 0.2) is 0 Å². The highest BCUT2D eigenvalue weighted by Crippen LogP contribution is 2.10. The number of hydroxylamine groups is 1. The van der Waals surface area contributed by atoms with Gasteiger partial charge in [0.05, 0.1) is 11.1 Å². The van der Waals surface area contributed by atoms with Gasteiger partial charge in [0.1, 0.15) is 6.04 Å². The van der Waals surface area contributed by atoms with Crippen molar-refractivity contribution in [1.82, 2.24) is 10.8 Å². The van der Waals surface area contributed by atoms with Gasteiger partial charge in [-0.3, -0.25) is 14.8 Å². The van der Waals surface area contributed by atoms with E-state index in [9.17, 15) is 14.4 Å². The number of hydrogen-bond acceptors (Lipinski definition) is 5. The quantitative estimate of drug-likeness (QED) is 0.262. The van der Waals surface area contributed by atoms with Gasteiger partial charge in [-0.05, 0) is 37.9 Å². The summed E-state index contributed by atoms with van der Waals surface area (Å²) in [6.45, 7) is 0.448. The number of carboxylic acid groups (broad SMARTS) is 1. The Morgan fingerprint density at radius 1 is 1.14 bits per heavy atom. The molecule has 2 amide bonds. The summed E-state index contributed by atoms with van der Waals surface area (Å²) in [5, 5.41) is 20.2. The minimum atomic E-state index is -1.24. The van der Waals surface area contributed by atoms with E-state index in [0.29, 0.717) is 19.4 Å². The van der Waals surface area contributed by atoms with Crippen LogP contribution in [0.3, 0.4) is 0 Å². The topological polar surface area (TPSA) is 142 Å². The van der Waals surface area contributed by atoms with Gasteiger partial charge in [-0.1, -0.05) is 12.1 Å². The van der Waals surface area contributed by atoms with Crippen LogP contribution in [0.1, 0.15) is 40.0 Å². The van der Waals surface area contributed by atoms with Crippen LogP contribution in [0, 0.1) is 0 Å². The zero-order chi connectivity index (χ0) is 16.5. The predicted molar refractivity (Wildman–Crippen MR) is 77.5 cm³/mol. The largest absolute Gasteiger partial charge is 0.478 e. The fourth-order valence-corrected chi connectivity index (χ4v) is 1.94. The molecule has 0 heterocycles. The van der Waals surface area contributed by atoms with Crippen LogP contribution in [-0.4, -0.2) is 40.7 Å². The third-order valence-corrected chi connectivity index (χ3v) is 3.08. The summed E-state index contributed by atoms with van der Waals surface area (Å²) in [4.78, 5) is 34.8. The maximum Gasteiger partial charge on any atom is 0.336 e. The highest BCUT2D eigenvalue weighted by molar-refractivity contribution is 6.05. The lowest BCUT2D eigenvalue weighted by molar-refractivity contribution is -0.131. The predicted octanol–water partition coefficient (Wildman–Crippen LogP) is 0.118. The number of unbranched alkanes of at least 4 members (excludes halogenated alkanes) is 1. The Kier molecular flexibility index (Phi) is 7.00. The van der Waals surface area contributed by atoms with E-state index in [1.54, 1.807) is 0 Å². The first-order valence-corrected chi connectivity index (χ1v) is 6.78. The number of carboxylic acids is 1. The maximum atomic E-state index is 12.2. The Morgan fingerprint density at radius 2 is 1.77 bits per heavy atom. The molecular weight excluding hydrogens is 290 g/mol. The molecule has 0 aliphatic carbocycles. The number of aromatic carboxylic acids is 1. The van der Waals surface area contributed by atoms with Crippen molar-refractivity contribution in [1.29, 1.82) is 0 Å². The van der Waals surface area contributed by atoms with E-state index in [2.05, 4.69) is 5.32 Å². The Labute approximate surface area is 127 Å². The molecule has 0 saturated carbocycles. The molecule has 0 fully saturated rings. The first kappa shape index (κ1) is 17.6. The molecule has 0 saturated heterocycles. The minimum Gasteiger partial charge on any atom is -0.478 e. The summed E-state index contributed by atoms with van der Waals surface area (Å²) < 4.78 is 0. The number of nitrogens with two attached hydrogens (primary N) is 1. The van der Waals surface area contributed by atoms with Crippen LogP contribution in [0.4, 0.5) is 0 Å². The fraction of sp³-hybridized carbons (Fsp3) is 0.357. The van der Waals surface area contributed by atoms with Gasteiger partial charge < -0.3 is 16.2 Å². The van der Waals surface area contributed by atoms with E-state index in [1.807, 2.05) is 0 Å². The number of benzene rings is 1. The van der Waals surface area contributed by atoms with E-state index in [4.69, 9.17) is 16.0 Å². The summed E-state index contributed by atoms with van der Waals surface area (Å²) in [7, 11) is 0. The smallest absolute Gasteiger partial charge is 0.336 e. The van der Waals surface area contributed by atoms with Crippen molar-refractivity contribution in [3.8, 4) is 0 Å². The molecule has 1 aromatic rings. The summed E-state index contributed by atoms with van der Waals surface area (Å²) in [6, 6.07) is 4.71. The molecule has 22 heavy (non-hydrogen) atoms. The van der Waals surface area contributed by atoms with Gasteiger partial charge in [-0.2, -0.15) is 0 Å². The monoisotopic (exact) mass is 309 g/mol. The summed E-state index contributed by atoms with van der Waals surface area (Å²) in [5.41, 5.74) is 6.64. The van der Waals surface area contributed by atoms with Crippen LogP contribution in [0.25, 0.3) is 0 Å². The van der Waals surface area contributed by atoms with Crippen LogP contribution in [0.5, 0.6) is 0 Å². The number of amides is 2. The van der Waals surface area contributed by atoms with Crippen LogP contribution < -0.4 is 16.5 Å². The van der Waals surface area contributed by atoms with E-state index >= 15 is 0 Å². The minimum absolute atomic E-state index is 0.0513. The number of hydrogen-bond donors (Lipinski definition) is 5. The summed E-state index contributed by atoms with van der Waals surface area (Å²) in [6.07, 6.45) is 1.52. The highest BCUT2D eigenvalue weighted by Gasteiger charge is 2.23. The van der Waals surface area contributed by atoms with Crippen molar-refractivity contribution in [2.45, 2.75) is 25.3 Å². The molecule has 1 atom stereocenters. The van der Waals surface area contributed by atoms with E-state index in [1.165, 1.54) is 29.7 Å². The molecular formula is C14H19N3O5. The Balaban J connectivity index is 2.86. The molecule has 0 unspecified atom stereocenters. The van der Waals surface area contributed by atoms with Crippen LogP contribution in [-0.2, 0) is 4.79 Å². The summed E-state index contributed by atoms with van der Waals surface area (Å²) >= 11 is 0. The SMILES string of the molecule is NCCCC[C@@H](NC(=O)c1ccccc1C(=O)O)C(=O)NO. The first-order chi connectivity index (χ1) is 10.5. The molecule has 1 rings (SSSR count). The molecule has 8 nitrogen and oxygen atoms in total. The second kappa shape index (κ2) is 8.75. The van der Waals surface area contributed by atoms with Crippen LogP contribution in [0.2, 0.25) is 0 Å². The Bertz CT molecular complexity index is 547. The van der Waals surface area contributed by atoms with Gasteiger partial charge >= 0.3 is 5.97 Å². The molecule has 1 aromatic carbocycles. The molecule has 0 radical (unpaired) electrons. The van der Waals surface area contributed by atoms with Crippen molar-refractivity contribution in [3.63, 3.8) is 0 Å². The number of carbonyl (C=O) groups is 3. The van der Waals surface area contributed by atoms with Gasteiger partial charge in [0.25, 0.3) is 11.8 Å². The molecule has 8 heteroatoms. The van der Waals surface area contributed by atoms with E-state index in [0.717, 1.165) is 0 Å². The van der Waals surface area contributed by atoms with Crippen molar-refractivity contribution >= 4 is 17.8 Å². The van der Waals surface area contributed by atoms with Crippen molar-refractivity contribution in [3.05, 3.63) is 35.4 Å². The molecule has 6 N–H and O–H groups in total. The van der Waals surface area contributed by atoms with Gasteiger partial charge in [0.2, 0.25) is 0 Å². The molecule has 120 valence electrons. The first-order valence-electron chi connectivity index (χ1n) is 6.78. The lowest BCUT2D eigenvalue weighted by Crippen LogP contribution is -2.46. The van der Waals surface area contributed by atoms with Crippen molar-refractivity contribution in [2.75, 3.05) is 6.54 Å². The average Bonchev–Trinajstić information content (AvgIpc) is 2.53. The number of nitrogens with one attached hydrogen (secondary N) is 2. The van der Waals surface area contributed by atoms with Gasteiger partial charge in [-0.25, -0.2) is 10.3 Å². The van der Waals surface area contributed by atoms with Crippen molar-refractivity contribution in [2.24, 2.45) is 5.73 Å². The van der Waals surface area contributed by atoms with Gasteiger partial charge in [-0.15, -0.1) is 0 Å². The highest BCUT2D eigenvalue weighted by atomic mass is 16.5. The lowest BCUT2D eigenvalue weighted by Gasteiger charge is -2.17. The third-order valence-electron chi connectivity index (χ3n) is 3.08. The fourth-order valence-electron chi connectivity index (χ4n) is 1.94. The lowest BCUT2D eigenvalue weighted by atomic mass is 10.0. The van der Waals surface area contributed by atoms with Crippen LogP contribution >= 0.6 is 0 Å². The second-order valence-corrected chi connectivity index (χ2v) is 4.64. The summed E-state index contributed by atoms with van der Waals surface area (Å²) in [5.74, 6) is -2.70. The number of rotatable bonds is 8. The molecule has 0 aliphatic rings. The molecule has 0 aromatic heterocycles.